The zero-order valence-electron chi connectivity index (χ0n) is 26.0. The van der Waals surface area contributed by atoms with Gasteiger partial charge in [0.15, 0.2) is 0 Å². The summed E-state index contributed by atoms with van der Waals surface area (Å²) in [5.41, 5.74) is 1.15. The number of Topliss-reactive ketones (excluding diaryl/α,β-unsaturated/α-hetero) is 1. The molecule has 0 aliphatic rings. The smallest absolute Gasteiger partial charge is 0.251 e. The second-order valence-corrected chi connectivity index (χ2v) is 8.00. The monoisotopic (exact) mass is 544 g/mol. The highest BCUT2D eigenvalue weighted by Gasteiger charge is 2.23. The highest BCUT2D eigenvalue weighted by Crippen LogP contribution is 2.22. The lowest BCUT2D eigenvalue weighted by Crippen LogP contribution is -2.11. The number of aliphatic hydroxyl groups excluding tert-OH is 1. The number of rotatable bonds is 10. The lowest BCUT2D eigenvalue weighted by atomic mass is 10.0. The van der Waals surface area contributed by atoms with Crippen molar-refractivity contribution in [1.82, 2.24) is 0 Å². The number of ether oxygens (including phenoxy) is 1. The minimum Gasteiger partial charge on any atom is -0.393 e. The number of methoxy groups -OCH3 is 1. The second-order valence-electron chi connectivity index (χ2n) is 8.00. The van der Waals surface area contributed by atoms with Crippen molar-refractivity contribution in [3.05, 3.63) is 60.5 Å². The molecule has 0 fully saturated rings. The molecular weight excluding hydrogens is 489 g/mol. The molecule has 222 valence electrons. The van der Waals surface area contributed by atoms with Crippen LogP contribution in [0.4, 0.5) is 13.2 Å². The molecule has 0 spiro atoms. The van der Waals surface area contributed by atoms with Crippen molar-refractivity contribution in [2.45, 2.75) is 101 Å². The van der Waals surface area contributed by atoms with E-state index in [2.05, 4.69) is 23.2 Å². The summed E-state index contributed by atoms with van der Waals surface area (Å²) in [4.78, 5) is 10.8. The minimum absolute atomic E-state index is 0.0474. The summed E-state index contributed by atoms with van der Waals surface area (Å²) in [6.07, 6.45) is 10.7. The Labute approximate surface area is 232 Å². The zero-order valence-corrected chi connectivity index (χ0v) is 26.0. The maximum Gasteiger partial charge on any atom is 0.251 e. The molecule has 0 bridgehead atoms. The van der Waals surface area contributed by atoms with Crippen LogP contribution in [0.15, 0.2) is 60.5 Å². The Hall–Kier alpha value is -2.36. The van der Waals surface area contributed by atoms with E-state index in [0.29, 0.717) is 0 Å². The van der Waals surface area contributed by atoms with Crippen molar-refractivity contribution in [3.63, 3.8) is 0 Å². The molecule has 0 amide bonds. The van der Waals surface area contributed by atoms with Crippen molar-refractivity contribution < 1.29 is 27.8 Å². The van der Waals surface area contributed by atoms with Crippen LogP contribution in [0, 0.1) is 23.7 Å². The number of alkyl halides is 2. The number of carbonyl (C=O) groups excluding carboxylic acids is 1. The standard InChI is InChI=1S/C10H16O.C9H14O.C8H11F3.C3H8O.C2H6/c1-5-6-8(2)7-9(3)10(4)11;1-4-5-6-7-8(2)9(3)10;1-3-8(10,11)6-4-5-7(2)9;1-3-4-2;1-2/h5-7,9H,1-4H3;6-10H,1-3H3;4-5H,2-3,6H2,1H3;3H2,1-2H3;1-2H3/b6-5+,8-7+;7-6+;5-4+;;/t9-;;;;/m1..../s1. The van der Waals surface area contributed by atoms with E-state index in [1.807, 2.05) is 72.8 Å². The highest BCUT2D eigenvalue weighted by molar-refractivity contribution is 5.79. The molecule has 0 aliphatic heterocycles. The fraction of sp³-hybridized carbons (Fsp3) is 0.594. The Morgan fingerprint density at radius 1 is 1.13 bits per heavy atom. The molecule has 6 heteroatoms. The van der Waals surface area contributed by atoms with E-state index in [1.165, 1.54) is 6.92 Å². The van der Waals surface area contributed by atoms with Crippen LogP contribution in [0.1, 0.15) is 89.0 Å². The first-order chi connectivity index (χ1) is 17.6. The van der Waals surface area contributed by atoms with Gasteiger partial charge in [-0.05, 0) is 53.7 Å². The van der Waals surface area contributed by atoms with Gasteiger partial charge in [0.05, 0.1) is 6.10 Å². The summed E-state index contributed by atoms with van der Waals surface area (Å²) in [5.74, 6) is 2.58. The van der Waals surface area contributed by atoms with Gasteiger partial charge in [0.1, 0.15) is 11.6 Å². The van der Waals surface area contributed by atoms with Crippen molar-refractivity contribution in [1.29, 1.82) is 0 Å². The number of hydrogen-bond acceptors (Lipinski definition) is 3. The topological polar surface area (TPSA) is 46.5 Å². The summed E-state index contributed by atoms with van der Waals surface area (Å²) in [7, 11) is 1.68. The van der Waals surface area contributed by atoms with Gasteiger partial charge in [-0.15, -0.1) is 5.92 Å². The molecule has 0 aliphatic carbocycles. The van der Waals surface area contributed by atoms with E-state index in [4.69, 9.17) is 5.11 Å². The van der Waals surface area contributed by atoms with E-state index < -0.39 is 18.2 Å². The normalized spacial score (nSPS) is 13.2. The maximum atomic E-state index is 12.4. The molecular formula is C32H55F3O3. The largest absolute Gasteiger partial charge is 0.393 e. The number of halogens is 3. The van der Waals surface area contributed by atoms with E-state index in [-0.39, 0.29) is 30.1 Å². The lowest BCUT2D eigenvalue weighted by Gasteiger charge is -2.09. The van der Waals surface area contributed by atoms with Gasteiger partial charge in [0.2, 0.25) is 0 Å². The molecule has 0 aromatic heterocycles. The SMILES string of the molecule is C/C=C/C(C)=C/[C@@H](C)C(C)=O.C=C(F)/C=C/CC(F)(F)CC.CC.CC#C/C=C/C(C)C(C)O.CCOC. The second kappa shape index (κ2) is 32.7. The Bertz CT molecular complexity index is 735. The predicted octanol–water partition coefficient (Wildman–Crippen LogP) is 9.46. The number of allylic oxidation sites excluding steroid dienone is 8. The van der Waals surface area contributed by atoms with E-state index in [0.717, 1.165) is 24.3 Å². The van der Waals surface area contributed by atoms with E-state index in [1.54, 1.807) is 34.0 Å². The maximum absolute atomic E-state index is 12.4. The van der Waals surface area contributed by atoms with Crippen LogP contribution in [-0.2, 0) is 9.53 Å². The molecule has 0 aromatic rings. The van der Waals surface area contributed by atoms with Crippen LogP contribution < -0.4 is 0 Å². The Morgan fingerprint density at radius 2 is 1.63 bits per heavy atom. The van der Waals surface area contributed by atoms with Gasteiger partial charge >= 0.3 is 0 Å². The number of carbonyl (C=O) groups is 1. The van der Waals surface area contributed by atoms with Crippen molar-refractivity contribution >= 4 is 5.78 Å². The average Bonchev–Trinajstić information content (AvgIpc) is 2.86. The van der Waals surface area contributed by atoms with Crippen LogP contribution in [0.5, 0.6) is 0 Å². The molecule has 1 N–H and O–H groups in total. The summed E-state index contributed by atoms with van der Waals surface area (Å²) in [5, 5.41) is 9.02. The molecule has 2 unspecified atom stereocenters. The lowest BCUT2D eigenvalue weighted by molar-refractivity contribution is -0.118. The van der Waals surface area contributed by atoms with Crippen molar-refractivity contribution in [3.8, 4) is 11.8 Å². The molecule has 0 rings (SSSR count). The fourth-order valence-corrected chi connectivity index (χ4v) is 1.78. The summed E-state index contributed by atoms with van der Waals surface area (Å²) in [6, 6.07) is 0. The molecule has 0 radical (unpaired) electrons. The molecule has 0 saturated carbocycles. The van der Waals surface area contributed by atoms with Crippen LogP contribution in [0.25, 0.3) is 0 Å². The number of hydrogen-bond donors (Lipinski definition) is 1. The van der Waals surface area contributed by atoms with Crippen LogP contribution in [0.2, 0.25) is 0 Å². The minimum atomic E-state index is -2.72. The predicted molar refractivity (Wildman–Crippen MR) is 160 cm³/mol. The molecule has 0 heterocycles. The van der Waals surface area contributed by atoms with Crippen LogP contribution in [-0.4, -0.2) is 36.6 Å². The summed E-state index contributed by atoms with van der Waals surface area (Å²) < 4.78 is 41.2. The highest BCUT2D eigenvalue weighted by atomic mass is 19.3. The van der Waals surface area contributed by atoms with Gasteiger partial charge in [-0.3, -0.25) is 4.79 Å². The first-order valence-corrected chi connectivity index (χ1v) is 13.1. The van der Waals surface area contributed by atoms with Crippen LogP contribution >= 0.6 is 0 Å². The average molecular weight is 545 g/mol. The fourth-order valence-electron chi connectivity index (χ4n) is 1.78. The summed E-state index contributed by atoms with van der Waals surface area (Å²) in [6.45, 7) is 24.1. The van der Waals surface area contributed by atoms with Gasteiger partial charge < -0.3 is 9.84 Å². The van der Waals surface area contributed by atoms with Gasteiger partial charge in [-0.1, -0.05) is 83.1 Å². The Balaban J connectivity index is -0.000000130. The van der Waals surface area contributed by atoms with Crippen molar-refractivity contribution in [2.24, 2.45) is 11.8 Å². The van der Waals surface area contributed by atoms with E-state index >= 15 is 0 Å². The Kier molecular flexibility index (Phi) is 39.2. The van der Waals surface area contributed by atoms with Gasteiger partial charge in [-0.25, -0.2) is 13.2 Å². The first-order valence-electron chi connectivity index (χ1n) is 13.1. The third-order valence-corrected chi connectivity index (χ3v) is 4.49. The number of aliphatic hydroxyl groups is 1. The van der Waals surface area contributed by atoms with Gasteiger partial charge in [-0.2, -0.15) is 0 Å². The number of ketones is 1. The third-order valence-electron chi connectivity index (χ3n) is 4.49. The molecule has 0 saturated heterocycles. The van der Waals surface area contributed by atoms with Gasteiger partial charge in [0.25, 0.3) is 5.92 Å². The Morgan fingerprint density at radius 3 is 1.95 bits per heavy atom. The molecule has 0 aromatic carbocycles. The van der Waals surface area contributed by atoms with Crippen molar-refractivity contribution in [2.75, 3.05) is 13.7 Å². The molecule has 3 atom stereocenters. The van der Waals surface area contributed by atoms with Crippen LogP contribution in [0.3, 0.4) is 0 Å². The quantitative estimate of drug-likeness (QED) is 0.220. The first kappa shape index (κ1) is 45.6. The third kappa shape index (κ3) is 43.7. The zero-order chi connectivity index (χ0) is 31.2. The van der Waals surface area contributed by atoms with Gasteiger partial charge in [0, 0.05) is 38.4 Å². The molecule has 3 nitrogen and oxygen atoms in total. The summed E-state index contributed by atoms with van der Waals surface area (Å²) >= 11 is 0. The molecule has 38 heavy (non-hydrogen) atoms. The van der Waals surface area contributed by atoms with E-state index in [9.17, 15) is 18.0 Å².